The van der Waals surface area contributed by atoms with Gasteiger partial charge in [0.1, 0.15) is 17.2 Å². The number of benzene rings is 3. The number of carbonyl (C=O) groups excluding carboxylic acids is 1. The molecule has 0 spiro atoms. The number of carboxylic acid groups (broad SMARTS) is 1. The van der Waals surface area contributed by atoms with E-state index in [0.29, 0.717) is 36.2 Å². The Morgan fingerprint density at radius 1 is 1.03 bits per heavy atom. The van der Waals surface area contributed by atoms with E-state index >= 15 is 0 Å². The molecule has 0 bridgehead atoms. The standard InChI is InChI=1S/C29H24FNO4/c1-2-3-4-8-23(16-19-10-12-20(13-11-19)29(33)34)28(32)31-25-15-14-22(17-24(25)30)27-18-21-7-5-6-9-26(21)35-27/h5-7,9-15,17-18,23H,2,8,16H2,1H3,(H,31,32)(H,33,34). The Morgan fingerprint density at radius 2 is 1.80 bits per heavy atom. The summed E-state index contributed by atoms with van der Waals surface area (Å²) in [5.74, 6) is 4.04. The SMILES string of the molecule is CCC#CCC(Cc1ccc(C(=O)O)cc1)C(=O)Nc1ccc(-c2cc3ccccc3o2)cc1F. The highest BCUT2D eigenvalue weighted by Gasteiger charge is 2.20. The first-order chi connectivity index (χ1) is 16.9. The van der Waals surface area contributed by atoms with Gasteiger partial charge in [0.25, 0.3) is 0 Å². The lowest BCUT2D eigenvalue weighted by Crippen LogP contribution is -2.25. The summed E-state index contributed by atoms with van der Waals surface area (Å²) < 4.78 is 20.7. The van der Waals surface area contributed by atoms with Gasteiger partial charge in [0.15, 0.2) is 0 Å². The number of amides is 1. The van der Waals surface area contributed by atoms with Crippen molar-refractivity contribution in [2.24, 2.45) is 5.92 Å². The van der Waals surface area contributed by atoms with E-state index in [0.717, 1.165) is 10.9 Å². The van der Waals surface area contributed by atoms with Crippen molar-refractivity contribution in [1.82, 2.24) is 0 Å². The van der Waals surface area contributed by atoms with Gasteiger partial charge in [0, 0.05) is 23.8 Å². The van der Waals surface area contributed by atoms with Crippen LogP contribution in [0.4, 0.5) is 10.1 Å². The second kappa shape index (κ2) is 10.7. The minimum atomic E-state index is -1.01. The molecule has 2 N–H and O–H groups in total. The zero-order valence-corrected chi connectivity index (χ0v) is 19.2. The van der Waals surface area contributed by atoms with E-state index in [4.69, 9.17) is 9.52 Å². The maximum atomic E-state index is 14.9. The van der Waals surface area contributed by atoms with E-state index < -0.39 is 17.7 Å². The van der Waals surface area contributed by atoms with Crippen LogP contribution < -0.4 is 5.32 Å². The maximum Gasteiger partial charge on any atom is 0.335 e. The normalized spacial score (nSPS) is 11.5. The Hall–Kier alpha value is -4.37. The van der Waals surface area contributed by atoms with Crippen LogP contribution >= 0.6 is 0 Å². The second-order valence-corrected chi connectivity index (χ2v) is 8.15. The van der Waals surface area contributed by atoms with Gasteiger partial charge >= 0.3 is 5.97 Å². The first kappa shape index (κ1) is 23.8. The first-order valence-electron chi connectivity index (χ1n) is 11.3. The molecule has 4 rings (SSSR count). The summed E-state index contributed by atoms with van der Waals surface area (Å²) >= 11 is 0. The lowest BCUT2D eigenvalue weighted by molar-refractivity contribution is -0.119. The molecule has 1 heterocycles. The van der Waals surface area contributed by atoms with Crippen molar-refractivity contribution in [3.8, 4) is 23.2 Å². The molecule has 0 aliphatic rings. The molecule has 0 aliphatic heterocycles. The Morgan fingerprint density at radius 3 is 2.49 bits per heavy atom. The van der Waals surface area contributed by atoms with Crippen molar-refractivity contribution in [1.29, 1.82) is 0 Å². The van der Waals surface area contributed by atoms with Gasteiger partial charge in [-0.3, -0.25) is 4.79 Å². The number of nitrogens with one attached hydrogen (secondary N) is 1. The molecule has 4 aromatic rings. The molecule has 0 saturated carbocycles. The van der Waals surface area contributed by atoms with Crippen molar-refractivity contribution < 1.29 is 23.5 Å². The Labute approximate surface area is 202 Å². The summed E-state index contributed by atoms with van der Waals surface area (Å²) in [5.41, 5.74) is 2.33. The number of halogens is 1. The molecule has 1 aromatic heterocycles. The molecule has 5 nitrogen and oxygen atoms in total. The molecule has 35 heavy (non-hydrogen) atoms. The molecule has 0 fully saturated rings. The Balaban J connectivity index is 1.51. The third-order valence-electron chi connectivity index (χ3n) is 5.64. The highest BCUT2D eigenvalue weighted by molar-refractivity contribution is 5.93. The molecular formula is C29H24FNO4. The molecule has 6 heteroatoms. The molecule has 0 saturated heterocycles. The Kier molecular flexibility index (Phi) is 7.27. The van der Waals surface area contributed by atoms with Crippen molar-refractivity contribution in [2.45, 2.75) is 26.2 Å². The number of carbonyl (C=O) groups is 2. The lowest BCUT2D eigenvalue weighted by atomic mass is 9.94. The third-order valence-corrected chi connectivity index (χ3v) is 5.64. The van der Waals surface area contributed by atoms with Crippen LogP contribution in [0.1, 0.15) is 35.7 Å². The van der Waals surface area contributed by atoms with Crippen molar-refractivity contribution >= 4 is 28.5 Å². The fourth-order valence-corrected chi connectivity index (χ4v) is 3.77. The number of hydrogen-bond donors (Lipinski definition) is 2. The summed E-state index contributed by atoms with van der Waals surface area (Å²) in [6, 6.07) is 20.3. The smallest absolute Gasteiger partial charge is 0.335 e. The number of rotatable bonds is 7. The van der Waals surface area contributed by atoms with E-state index in [2.05, 4.69) is 17.2 Å². The van der Waals surface area contributed by atoms with Gasteiger partial charge in [-0.1, -0.05) is 37.3 Å². The number of furan rings is 1. The molecule has 1 amide bonds. The van der Waals surface area contributed by atoms with Gasteiger partial charge in [0.2, 0.25) is 5.91 Å². The van der Waals surface area contributed by atoms with Crippen LogP contribution in [0, 0.1) is 23.6 Å². The number of hydrogen-bond acceptors (Lipinski definition) is 3. The molecule has 0 aliphatic carbocycles. The van der Waals surface area contributed by atoms with Crippen LogP contribution in [0.15, 0.2) is 77.2 Å². The van der Waals surface area contributed by atoms with E-state index in [1.807, 2.05) is 37.3 Å². The van der Waals surface area contributed by atoms with Crippen LogP contribution in [0.5, 0.6) is 0 Å². The van der Waals surface area contributed by atoms with Gasteiger partial charge in [-0.05, 0) is 54.4 Å². The number of carboxylic acids is 1. The van der Waals surface area contributed by atoms with Crippen LogP contribution in [0.25, 0.3) is 22.3 Å². The summed E-state index contributed by atoms with van der Waals surface area (Å²) in [6.07, 6.45) is 1.32. The molecule has 1 unspecified atom stereocenters. The molecule has 176 valence electrons. The monoisotopic (exact) mass is 469 g/mol. The number of anilines is 1. The Bertz CT molecular complexity index is 1390. The van der Waals surface area contributed by atoms with Gasteiger partial charge in [-0.25, -0.2) is 9.18 Å². The van der Waals surface area contributed by atoms with Gasteiger partial charge in [0.05, 0.1) is 17.2 Å². The second-order valence-electron chi connectivity index (χ2n) is 8.15. The van der Waals surface area contributed by atoms with Crippen LogP contribution in [0.2, 0.25) is 0 Å². The minimum absolute atomic E-state index is 0.0736. The summed E-state index contributed by atoms with van der Waals surface area (Å²) in [4.78, 5) is 24.1. The molecule has 1 atom stereocenters. The highest BCUT2D eigenvalue weighted by Crippen LogP contribution is 2.30. The average Bonchev–Trinajstić information content (AvgIpc) is 3.29. The van der Waals surface area contributed by atoms with E-state index in [-0.39, 0.29) is 17.2 Å². The van der Waals surface area contributed by atoms with Crippen molar-refractivity contribution in [3.63, 3.8) is 0 Å². The van der Waals surface area contributed by atoms with Crippen LogP contribution in [0.3, 0.4) is 0 Å². The minimum Gasteiger partial charge on any atom is -0.478 e. The topological polar surface area (TPSA) is 79.5 Å². The van der Waals surface area contributed by atoms with E-state index in [9.17, 15) is 14.0 Å². The van der Waals surface area contributed by atoms with Crippen LogP contribution in [-0.2, 0) is 11.2 Å². The maximum absolute atomic E-state index is 14.9. The quantitative estimate of drug-likeness (QED) is 0.301. The van der Waals surface area contributed by atoms with Crippen LogP contribution in [-0.4, -0.2) is 17.0 Å². The van der Waals surface area contributed by atoms with Gasteiger partial charge < -0.3 is 14.8 Å². The zero-order valence-electron chi connectivity index (χ0n) is 19.2. The molecule has 0 radical (unpaired) electrons. The van der Waals surface area contributed by atoms with Crippen molar-refractivity contribution in [3.05, 3.63) is 89.7 Å². The molecule has 3 aromatic carbocycles. The van der Waals surface area contributed by atoms with Gasteiger partial charge in [-0.2, -0.15) is 0 Å². The number of fused-ring (bicyclic) bond motifs is 1. The first-order valence-corrected chi connectivity index (χ1v) is 11.3. The van der Waals surface area contributed by atoms with E-state index in [1.54, 1.807) is 18.2 Å². The van der Waals surface area contributed by atoms with Gasteiger partial charge in [-0.15, -0.1) is 11.8 Å². The highest BCUT2D eigenvalue weighted by atomic mass is 19.1. The largest absolute Gasteiger partial charge is 0.478 e. The summed E-state index contributed by atoms with van der Waals surface area (Å²) in [7, 11) is 0. The third kappa shape index (κ3) is 5.77. The average molecular weight is 470 g/mol. The zero-order chi connectivity index (χ0) is 24.8. The summed E-state index contributed by atoms with van der Waals surface area (Å²) in [5, 5.41) is 12.7. The molecular weight excluding hydrogens is 445 g/mol. The predicted octanol–water partition coefficient (Wildman–Crippen LogP) is 6.54. The predicted molar refractivity (Wildman–Crippen MR) is 134 cm³/mol. The summed E-state index contributed by atoms with van der Waals surface area (Å²) in [6.45, 7) is 1.92. The number of aromatic carboxylic acids is 1. The fraction of sp³-hybridized carbons (Fsp3) is 0.172. The van der Waals surface area contributed by atoms with Crippen molar-refractivity contribution in [2.75, 3.05) is 5.32 Å². The lowest BCUT2D eigenvalue weighted by Gasteiger charge is -2.16. The fourth-order valence-electron chi connectivity index (χ4n) is 3.77. The van der Waals surface area contributed by atoms with E-state index in [1.165, 1.54) is 24.3 Å². The number of para-hydroxylation sites is 1.